The Bertz CT molecular complexity index is 461. The van der Waals surface area contributed by atoms with Gasteiger partial charge >= 0.3 is 16.5 Å². The molecular formula is C10H15N3O3S. The molecule has 1 rings (SSSR count). The smallest absolute Gasteiger partial charge is 0.268 e. The largest absolute Gasteiger partial charge is 0.370 e. The van der Waals surface area contributed by atoms with Gasteiger partial charge in [-0.25, -0.2) is 9.80 Å². The number of amides is 2. The SMILES string of the molecule is CN(C)NC(=O)N=S(=O)=O.Cc1ccccc1. The third-order valence-electron chi connectivity index (χ3n) is 1.42. The highest BCUT2D eigenvalue weighted by Crippen LogP contribution is 1.92. The summed E-state index contributed by atoms with van der Waals surface area (Å²) in [5.41, 5.74) is 3.43. The van der Waals surface area contributed by atoms with E-state index in [1.807, 2.05) is 18.2 Å². The zero-order valence-electron chi connectivity index (χ0n) is 9.91. The molecule has 0 saturated heterocycles. The van der Waals surface area contributed by atoms with Crippen molar-refractivity contribution in [2.24, 2.45) is 4.36 Å². The Morgan fingerprint density at radius 2 is 1.76 bits per heavy atom. The van der Waals surface area contributed by atoms with Crippen LogP contribution in [0.3, 0.4) is 0 Å². The summed E-state index contributed by atoms with van der Waals surface area (Å²) in [6.45, 7) is 2.08. The van der Waals surface area contributed by atoms with Gasteiger partial charge in [0.05, 0.1) is 0 Å². The molecule has 0 unspecified atom stereocenters. The number of hydrogen-bond acceptors (Lipinski definition) is 4. The van der Waals surface area contributed by atoms with Gasteiger partial charge in [-0.15, -0.1) is 0 Å². The average molecular weight is 257 g/mol. The van der Waals surface area contributed by atoms with Crippen LogP contribution in [0.4, 0.5) is 4.79 Å². The van der Waals surface area contributed by atoms with Crippen molar-refractivity contribution in [1.29, 1.82) is 0 Å². The number of carbonyl (C=O) groups excluding carboxylic acids is 1. The Labute approximate surface area is 102 Å². The summed E-state index contributed by atoms with van der Waals surface area (Å²) in [6, 6.07) is 9.36. The lowest BCUT2D eigenvalue weighted by Crippen LogP contribution is -2.33. The highest BCUT2D eigenvalue weighted by atomic mass is 32.2. The van der Waals surface area contributed by atoms with Crippen molar-refractivity contribution in [2.45, 2.75) is 6.92 Å². The zero-order valence-corrected chi connectivity index (χ0v) is 10.7. The number of aryl methyl sites for hydroxylation is 1. The first kappa shape index (κ1) is 15.3. The van der Waals surface area contributed by atoms with Gasteiger partial charge < -0.3 is 0 Å². The van der Waals surface area contributed by atoms with E-state index in [1.54, 1.807) is 14.1 Å². The molecule has 0 aliphatic rings. The molecule has 0 aromatic heterocycles. The monoisotopic (exact) mass is 257 g/mol. The molecule has 0 radical (unpaired) electrons. The van der Waals surface area contributed by atoms with Gasteiger partial charge in [-0.2, -0.15) is 8.42 Å². The summed E-state index contributed by atoms with van der Waals surface area (Å²) >= 11 is 0. The van der Waals surface area contributed by atoms with E-state index >= 15 is 0 Å². The lowest BCUT2D eigenvalue weighted by Gasteiger charge is -2.06. The van der Waals surface area contributed by atoms with Crippen LogP contribution in [0, 0.1) is 6.92 Å². The fourth-order valence-electron chi connectivity index (χ4n) is 0.814. The van der Waals surface area contributed by atoms with Gasteiger partial charge in [0.1, 0.15) is 0 Å². The topological polar surface area (TPSA) is 78.8 Å². The van der Waals surface area contributed by atoms with Gasteiger partial charge in [0, 0.05) is 14.1 Å². The summed E-state index contributed by atoms with van der Waals surface area (Å²) in [5.74, 6) is 0. The Kier molecular flexibility index (Phi) is 7.57. The first-order chi connectivity index (χ1) is 7.91. The summed E-state index contributed by atoms with van der Waals surface area (Å²) in [5, 5.41) is 1.29. The van der Waals surface area contributed by atoms with Gasteiger partial charge in [-0.3, -0.25) is 5.43 Å². The van der Waals surface area contributed by atoms with E-state index in [1.165, 1.54) is 10.6 Å². The number of hydrogen-bond donors (Lipinski definition) is 1. The Balaban J connectivity index is 0.000000318. The molecule has 0 aliphatic carbocycles. The van der Waals surface area contributed by atoms with E-state index in [4.69, 9.17) is 0 Å². The van der Waals surface area contributed by atoms with E-state index in [0.717, 1.165) is 0 Å². The molecule has 0 spiro atoms. The molecule has 0 heterocycles. The molecule has 1 aromatic rings. The van der Waals surface area contributed by atoms with Gasteiger partial charge in [0.2, 0.25) is 0 Å². The first-order valence-electron chi connectivity index (χ1n) is 4.72. The summed E-state index contributed by atoms with van der Waals surface area (Å²) in [6.07, 6.45) is 0. The molecule has 7 heteroatoms. The van der Waals surface area contributed by atoms with Crippen LogP contribution >= 0.6 is 0 Å². The second kappa shape index (κ2) is 8.43. The Morgan fingerprint density at radius 3 is 2.06 bits per heavy atom. The van der Waals surface area contributed by atoms with Gasteiger partial charge in [-0.1, -0.05) is 40.3 Å². The van der Waals surface area contributed by atoms with Gasteiger partial charge in [0.25, 0.3) is 0 Å². The number of urea groups is 1. The highest BCUT2D eigenvalue weighted by molar-refractivity contribution is 7.62. The van der Waals surface area contributed by atoms with Crippen LogP contribution in [0.5, 0.6) is 0 Å². The summed E-state index contributed by atoms with van der Waals surface area (Å²) < 4.78 is 22.1. The van der Waals surface area contributed by atoms with Crippen molar-refractivity contribution in [1.82, 2.24) is 10.4 Å². The fraction of sp³-hybridized carbons (Fsp3) is 0.300. The molecule has 0 aliphatic heterocycles. The van der Waals surface area contributed by atoms with E-state index in [0.29, 0.717) is 0 Å². The van der Waals surface area contributed by atoms with Crippen LogP contribution in [-0.2, 0) is 10.5 Å². The average Bonchev–Trinajstić information content (AvgIpc) is 2.16. The molecule has 0 bridgehead atoms. The van der Waals surface area contributed by atoms with Crippen molar-refractivity contribution in [3.05, 3.63) is 35.9 Å². The molecule has 1 aromatic carbocycles. The number of carbonyl (C=O) groups is 1. The molecule has 6 nitrogen and oxygen atoms in total. The molecule has 0 atom stereocenters. The molecule has 1 N–H and O–H groups in total. The number of nitrogens with zero attached hydrogens (tertiary/aromatic N) is 2. The standard InChI is InChI=1S/C7H8.C3H7N3O3S/c1-7-5-3-2-4-6-7;1-6(2)4-3(7)5-10(8)9/h2-6H,1H3;1-2H3,(H,4,7). The summed E-state index contributed by atoms with van der Waals surface area (Å²) in [7, 11) is 0.410. The van der Waals surface area contributed by atoms with Crippen LogP contribution in [0.1, 0.15) is 5.56 Å². The highest BCUT2D eigenvalue weighted by Gasteiger charge is 1.96. The van der Waals surface area contributed by atoms with Gasteiger partial charge in [-0.05, 0) is 6.92 Å². The van der Waals surface area contributed by atoms with E-state index in [9.17, 15) is 13.2 Å². The minimum Gasteiger partial charge on any atom is -0.268 e. The maximum Gasteiger partial charge on any atom is 0.370 e. The number of benzene rings is 1. The van der Waals surface area contributed by atoms with Crippen molar-refractivity contribution in [2.75, 3.05) is 14.1 Å². The van der Waals surface area contributed by atoms with Crippen molar-refractivity contribution < 1.29 is 13.2 Å². The van der Waals surface area contributed by atoms with Crippen molar-refractivity contribution in [3.8, 4) is 0 Å². The normalized spacial score (nSPS) is 8.94. The Hall–Kier alpha value is -1.73. The van der Waals surface area contributed by atoms with Crippen LogP contribution in [-0.4, -0.2) is 33.6 Å². The fourth-order valence-corrected chi connectivity index (χ4v) is 0.990. The van der Waals surface area contributed by atoms with Crippen LogP contribution < -0.4 is 5.43 Å². The molecule has 94 valence electrons. The molecule has 2 amide bonds. The lowest BCUT2D eigenvalue weighted by molar-refractivity contribution is 0.222. The van der Waals surface area contributed by atoms with E-state index < -0.39 is 16.5 Å². The quantitative estimate of drug-likeness (QED) is 0.767. The minimum atomic E-state index is -2.68. The third kappa shape index (κ3) is 10.6. The zero-order chi connectivity index (χ0) is 13.3. The van der Waals surface area contributed by atoms with E-state index in [2.05, 4.69) is 28.8 Å². The Morgan fingerprint density at radius 1 is 1.24 bits per heavy atom. The third-order valence-corrected chi connectivity index (χ3v) is 1.73. The number of nitrogens with one attached hydrogen (secondary N) is 1. The molecule has 17 heavy (non-hydrogen) atoms. The maximum atomic E-state index is 10.4. The maximum absolute atomic E-state index is 10.4. The molecular weight excluding hydrogens is 242 g/mol. The van der Waals surface area contributed by atoms with Crippen LogP contribution in [0.2, 0.25) is 0 Å². The van der Waals surface area contributed by atoms with Crippen molar-refractivity contribution >= 4 is 16.5 Å². The number of hydrazine groups is 1. The molecule has 0 saturated carbocycles. The molecule has 0 fully saturated rings. The van der Waals surface area contributed by atoms with Crippen LogP contribution in [0.25, 0.3) is 0 Å². The lowest BCUT2D eigenvalue weighted by atomic mass is 10.2. The second-order valence-corrected chi connectivity index (χ2v) is 3.89. The number of rotatable bonds is 1. The van der Waals surface area contributed by atoms with Gasteiger partial charge in [0.15, 0.2) is 0 Å². The first-order valence-corrected chi connectivity index (χ1v) is 5.75. The van der Waals surface area contributed by atoms with E-state index in [-0.39, 0.29) is 0 Å². The second-order valence-electron chi connectivity index (χ2n) is 3.27. The minimum absolute atomic E-state index is 0.904. The van der Waals surface area contributed by atoms with Crippen LogP contribution in [0.15, 0.2) is 34.7 Å². The summed E-state index contributed by atoms with van der Waals surface area (Å²) in [4.78, 5) is 10.4. The van der Waals surface area contributed by atoms with Crippen molar-refractivity contribution in [3.63, 3.8) is 0 Å². The predicted molar refractivity (Wildman–Crippen MR) is 64.7 cm³/mol. The predicted octanol–water partition coefficient (Wildman–Crippen LogP) is 1.23.